The first-order valence-electron chi connectivity index (χ1n) is 13.1. The quantitative estimate of drug-likeness (QED) is 0.469. The Morgan fingerprint density at radius 2 is 1.23 bits per heavy atom. The van der Waals surface area contributed by atoms with E-state index < -0.39 is 0 Å². The van der Waals surface area contributed by atoms with Crippen LogP contribution in [0.2, 0.25) is 0 Å². The van der Waals surface area contributed by atoms with Gasteiger partial charge in [0, 0.05) is 10.8 Å². The molecule has 3 saturated carbocycles. The van der Waals surface area contributed by atoms with Crippen molar-refractivity contribution in [1.82, 2.24) is 0 Å². The fraction of sp³-hybridized carbons (Fsp3) is 0.800. The van der Waals surface area contributed by atoms with Gasteiger partial charge >= 0.3 is 0 Å². The van der Waals surface area contributed by atoms with Crippen LogP contribution in [0.3, 0.4) is 0 Å². The molecule has 31 heavy (non-hydrogen) atoms. The highest BCUT2D eigenvalue weighted by atomic mass is 16.3. The van der Waals surface area contributed by atoms with E-state index in [-0.39, 0.29) is 5.41 Å². The van der Waals surface area contributed by atoms with Gasteiger partial charge in [-0.05, 0) is 99.7 Å². The Bertz CT molecular complexity index is 970. The van der Waals surface area contributed by atoms with E-state index in [2.05, 4.69) is 55.4 Å². The third kappa shape index (κ3) is 2.11. The van der Waals surface area contributed by atoms with Crippen molar-refractivity contribution in [3.05, 3.63) is 33.4 Å². The van der Waals surface area contributed by atoms with Gasteiger partial charge in [0.15, 0.2) is 0 Å². The minimum atomic E-state index is 0.0733. The highest BCUT2D eigenvalue weighted by Crippen LogP contribution is 2.75. The average molecular weight is 421 g/mol. The van der Waals surface area contributed by atoms with Crippen LogP contribution in [0, 0.1) is 51.2 Å². The summed E-state index contributed by atoms with van der Waals surface area (Å²) in [5.41, 5.74) is 11.7. The van der Waals surface area contributed by atoms with Gasteiger partial charge in [0.1, 0.15) is 0 Å². The molecule has 1 nitrogen and oxygen atoms in total. The summed E-state index contributed by atoms with van der Waals surface area (Å²) < 4.78 is 0. The van der Waals surface area contributed by atoms with Crippen LogP contribution in [-0.2, 0) is 0 Å². The van der Waals surface area contributed by atoms with E-state index in [1.54, 1.807) is 27.9 Å². The molecule has 9 aliphatic carbocycles. The molecule has 0 amide bonds. The lowest BCUT2D eigenvalue weighted by molar-refractivity contribution is -0.0530. The van der Waals surface area contributed by atoms with Crippen molar-refractivity contribution < 1.29 is 5.11 Å². The fourth-order valence-electron chi connectivity index (χ4n) is 10.2. The van der Waals surface area contributed by atoms with Crippen LogP contribution < -0.4 is 0 Å². The number of rotatable bonds is 3. The van der Waals surface area contributed by atoms with Crippen LogP contribution in [0.5, 0.6) is 0 Å². The zero-order chi connectivity index (χ0) is 22.3. The largest absolute Gasteiger partial charge is 0.395 e. The Morgan fingerprint density at radius 3 is 1.71 bits per heavy atom. The highest BCUT2D eigenvalue weighted by molar-refractivity contribution is 5.48. The molecule has 0 aromatic heterocycles. The minimum absolute atomic E-state index is 0.0733. The van der Waals surface area contributed by atoms with Gasteiger partial charge in [-0.2, -0.15) is 0 Å². The van der Waals surface area contributed by atoms with E-state index >= 15 is 0 Å². The molecule has 170 valence electrons. The zero-order valence-corrected chi connectivity index (χ0v) is 21.3. The summed E-state index contributed by atoms with van der Waals surface area (Å²) in [6.45, 7) is 20.3. The fourth-order valence-corrected chi connectivity index (χ4v) is 10.2. The number of fused-ring (bicyclic) bond motifs is 8. The smallest absolute Gasteiger partial charge is 0.0524 e. The predicted molar refractivity (Wildman–Crippen MR) is 128 cm³/mol. The molecule has 0 heterocycles. The molecule has 1 N–H and O–H groups in total. The number of aliphatic hydroxyl groups is 1. The number of hydrogen-bond donors (Lipinski definition) is 1. The molecule has 7 unspecified atom stereocenters. The van der Waals surface area contributed by atoms with Crippen molar-refractivity contribution in [1.29, 1.82) is 0 Å². The van der Waals surface area contributed by atoms with Gasteiger partial charge in [0.05, 0.1) is 6.61 Å². The summed E-state index contributed by atoms with van der Waals surface area (Å²) in [4.78, 5) is 0. The third-order valence-corrected chi connectivity index (χ3v) is 12.9. The van der Waals surface area contributed by atoms with Crippen LogP contribution >= 0.6 is 0 Å². The summed E-state index contributed by atoms with van der Waals surface area (Å²) in [5, 5.41) is 10.2. The Hall–Kier alpha value is -0.820. The Balaban J connectivity index is 1.53. The second-order valence-electron chi connectivity index (χ2n) is 14.0. The maximum Gasteiger partial charge on any atom is 0.0524 e. The van der Waals surface area contributed by atoms with Gasteiger partial charge < -0.3 is 5.11 Å². The first kappa shape index (κ1) is 20.8. The first-order valence-corrected chi connectivity index (χ1v) is 13.1. The Morgan fingerprint density at radius 1 is 0.710 bits per heavy atom. The van der Waals surface area contributed by atoms with E-state index in [4.69, 9.17) is 0 Å². The van der Waals surface area contributed by atoms with Gasteiger partial charge in [-0.15, -0.1) is 0 Å². The Labute approximate surface area is 190 Å². The molecule has 9 aliphatic rings. The molecule has 7 atom stereocenters. The average Bonchev–Trinajstić information content (AvgIpc) is 2.72. The lowest BCUT2D eigenvalue weighted by Crippen LogP contribution is -2.60. The third-order valence-electron chi connectivity index (χ3n) is 12.9. The summed E-state index contributed by atoms with van der Waals surface area (Å²) in [5.74, 6) is 3.85. The highest BCUT2D eigenvalue weighted by Gasteiger charge is 2.65. The topological polar surface area (TPSA) is 20.2 Å². The van der Waals surface area contributed by atoms with E-state index in [0.717, 1.165) is 17.8 Å². The lowest BCUT2D eigenvalue weighted by Gasteiger charge is -2.69. The van der Waals surface area contributed by atoms with Crippen molar-refractivity contribution in [2.75, 3.05) is 6.61 Å². The van der Waals surface area contributed by atoms with Crippen molar-refractivity contribution in [3.8, 4) is 0 Å². The summed E-state index contributed by atoms with van der Waals surface area (Å²) in [6.07, 6.45) is 8.08. The molecule has 9 rings (SSSR count). The molecular weight excluding hydrogens is 376 g/mol. The number of hydrogen-bond acceptors (Lipinski definition) is 1. The van der Waals surface area contributed by atoms with Crippen molar-refractivity contribution >= 4 is 0 Å². The van der Waals surface area contributed by atoms with Crippen LogP contribution in [0.1, 0.15) is 93.9 Å². The molecule has 0 spiro atoms. The van der Waals surface area contributed by atoms with E-state index in [1.165, 1.54) is 38.5 Å². The monoisotopic (exact) mass is 420 g/mol. The molecule has 1 heteroatoms. The van der Waals surface area contributed by atoms with Crippen LogP contribution in [0.4, 0.5) is 0 Å². The second kappa shape index (κ2) is 5.81. The molecule has 0 aromatic carbocycles. The number of aliphatic hydroxyl groups excluding tert-OH is 1. The first-order chi connectivity index (χ1) is 14.4. The summed E-state index contributed by atoms with van der Waals surface area (Å²) in [6, 6.07) is 0. The predicted octanol–water partition coefficient (Wildman–Crippen LogP) is 7.48. The van der Waals surface area contributed by atoms with Crippen molar-refractivity contribution in [2.24, 2.45) is 51.2 Å². The normalized spacial score (nSPS) is 48.9. The summed E-state index contributed by atoms with van der Waals surface area (Å²) in [7, 11) is 0. The SMILES string of the molecule is CC1=C2CC(CC1C1(C3CC4CC(=C3C)C4(C)CO)CC3CC(=C1C)C3(C)C)C2(C)C. The van der Waals surface area contributed by atoms with Gasteiger partial charge in [-0.3, -0.25) is 0 Å². The summed E-state index contributed by atoms with van der Waals surface area (Å²) >= 11 is 0. The Kier molecular flexibility index (Phi) is 3.89. The van der Waals surface area contributed by atoms with Gasteiger partial charge in [0.25, 0.3) is 0 Å². The van der Waals surface area contributed by atoms with Crippen LogP contribution in [-0.4, -0.2) is 11.7 Å². The second-order valence-corrected chi connectivity index (χ2v) is 14.0. The molecular formula is C30H44O. The van der Waals surface area contributed by atoms with Gasteiger partial charge in [-0.25, -0.2) is 0 Å². The zero-order valence-electron chi connectivity index (χ0n) is 21.3. The number of allylic oxidation sites excluding steroid dienone is 5. The van der Waals surface area contributed by atoms with Crippen molar-refractivity contribution in [2.45, 2.75) is 93.9 Å². The molecule has 6 bridgehead atoms. The van der Waals surface area contributed by atoms with E-state index in [1.807, 2.05) is 5.57 Å². The van der Waals surface area contributed by atoms with Crippen LogP contribution in [0.25, 0.3) is 0 Å². The van der Waals surface area contributed by atoms with Gasteiger partial charge in [0.2, 0.25) is 0 Å². The maximum atomic E-state index is 10.2. The molecule has 3 fully saturated rings. The van der Waals surface area contributed by atoms with Gasteiger partial charge in [-0.1, -0.05) is 68.1 Å². The maximum absolute atomic E-state index is 10.2. The van der Waals surface area contributed by atoms with Crippen LogP contribution in [0.15, 0.2) is 33.4 Å². The molecule has 0 saturated heterocycles. The molecule has 0 aromatic rings. The molecule has 0 radical (unpaired) electrons. The minimum Gasteiger partial charge on any atom is -0.395 e. The standard InChI is InChI=1S/C30H44O/c1-16-22-9-19(27(22,4)5)10-24(16)30(14-21-13-26(18(30)3)28(21,6)7)25-12-20-11-23(17(25)2)29(20,8)15-31/h19-21,24-25,31H,9-15H2,1-8H3. The van der Waals surface area contributed by atoms with E-state index in [9.17, 15) is 5.11 Å². The van der Waals surface area contributed by atoms with E-state index in [0.29, 0.717) is 34.7 Å². The molecule has 0 aliphatic heterocycles. The van der Waals surface area contributed by atoms with Crippen molar-refractivity contribution in [3.63, 3.8) is 0 Å². The lowest BCUT2D eigenvalue weighted by atomic mass is 9.35.